The molecule has 3 heterocycles. The van der Waals surface area contributed by atoms with Crippen molar-refractivity contribution in [2.45, 2.75) is 33.1 Å². The summed E-state index contributed by atoms with van der Waals surface area (Å²) in [5.41, 5.74) is 6.29. The van der Waals surface area contributed by atoms with Crippen molar-refractivity contribution in [3.8, 4) is 0 Å². The molecular formula is C25H27ClN4O2. The molecule has 2 aromatic carbocycles. The van der Waals surface area contributed by atoms with Gasteiger partial charge in [0.1, 0.15) is 6.10 Å². The first-order chi connectivity index (χ1) is 15.5. The van der Waals surface area contributed by atoms with Crippen LogP contribution < -0.4 is 4.90 Å². The van der Waals surface area contributed by atoms with Crippen LogP contribution in [-0.2, 0) is 17.9 Å². The SMILES string of the molecule is Cc1ccc(C)c(N2CCN(C(=O)c3cc4n(n3)CC(c3ccc(Cl)cc3)OC4)CC2)c1. The number of piperazine rings is 1. The molecule has 0 N–H and O–H groups in total. The minimum absolute atomic E-state index is 0.00411. The number of ether oxygens (including phenoxy) is 1. The summed E-state index contributed by atoms with van der Waals surface area (Å²) in [5, 5.41) is 5.33. The summed E-state index contributed by atoms with van der Waals surface area (Å²) in [4.78, 5) is 17.4. The maximum atomic E-state index is 13.1. The van der Waals surface area contributed by atoms with Crippen LogP contribution in [0, 0.1) is 13.8 Å². The highest BCUT2D eigenvalue weighted by Crippen LogP contribution is 2.28. The van der Waals surface area contributed by atoms with Crippen molar-refractivity contribution in [2.75, 3.05) is 31.1 Å². The Labute approximate surface area is 193 Å². The molecular weight excluding hydrogens is 424 g/mol. The van der Waals surface area contributed by atoms with E-state index in [0.29, 0.717) is 37.0 Å². The van der Waals surface area contributed by atoms with E-state index >= 15 is 0 Å². The predicted molar refractivity (Wildman–Crippen MR) is 125 cm³/mol. The Bertz CT molecular complexity index is 1130. The highest BCUT2D eigenvalue weighted by molar-refractivity contribution is 6.30. The third kappa shape index (κ3) is 4.12. The van der Waals surface area contributed by atoms with Crippen LogP contribution in [0.4, 0.5) is 5.69 Å². The van der Waals surface area contributed by atoms with E-state index in [9.17, 15) is 4.79 Å². The number of carbonyl (C=O) groups excluding carboxylic acids is 1. The maximum Gasteiger partial charge on any atom is 0.274 e. The summed E-state index contributed by atoms with van der Waals surface area (Å²) in [6.07, 6.45) is -0.0938. The summed E-state index contributed by atoms with van der Waals surface area (Å²) in [6, 6.07) is 16.1. The van der Waals surface area contributed by atoms with E-state index < -0.39 is 0 Å². The van der Waals surface area contributed by atoms with Crippen LogP contribution in [0.15, 0.2) is 48.5 Å². The molecule has 0 aliphatic carbocycles. The average Bonchev–Trinajstić information content (AvgIpc) is 3.24. The number of anilines is 1. The van der Waals surface area contributed by atoms with Gasteiger partial charge in [-0.25, -0.2) is 0 Å². The smallest absolute Gasteiger partial charge is 0.274 e. The number of carbonyl (C=O) groups is 1. The zero-order chi connectivity index (χ0) is 22.2. The molecule has 1 fully saturated rings. The Kier molecular flexibility index (Phi) is 5.66. The third-order valence-corrected chi connectivity index (χ3v) is 6.62. The van der Waals surface area contributed by atoms with E-state index in [1.54, 1.807) is 0 Å². The summed E-state index contributed by atoms with van der Waals surface area (Å²) in [5.74, 6) is -0.00411. The van der Waals surface area contributed by atoms with Gasteiger partial charge in [-0.05, 0) is 54.8 Å². The van der Waals surface area contributed by atoms with Gasteiger partial charge in [0.15, 0.2) is 5.69 Å². The van der Waals surface area contributed by atoms with Crippen LogP contribution >= 0.6 is 11.6 Å². The van der Waals surface area contributed by atoms with Gasteiger partial charge in [-0.2, -0.15) is 5.10 Å². The molecule has 1 amide bonds. The Balaban J connectivity index is 1.25. The lowest BCUT2D eigenvalue weighted by Gasteiger charge is -2.36. The normalized spacial score (nSPS) is 18.5. The molecule has 5 rings (SSSR count). The number of hydrogen-bond acceptors (Lipinski definition) is 4. The number of aromatic nitrogens is 2. The minimum atomic E-state index is -0.0938. The van der Waals surface area contributed by atoms with Gasteiger partial charge in [0, 0.05) is 36.9 Å². The van der Waals surface area contributed by atoms with Crippen molar-refractivity contribution >= 4 is 23.2 Å². The van der Waals surface area contributed by atoms with Crippen molar-refractivity contribution in [3.63, 3.8) is 0 Å². The first kappa shape index (κ1) is 21.0. The molecule has 32 heavy (non-hydrogen) atoms. The molecule has 0 bridgehead atoms. The van der Waals surface area contributed by atoms with Crippen LogP contribution in [0.1, 0.15) is 39.0 Å². The fourth-order valence-electron chi connectivity index (χ4n) is 4.48. The zero-order valence-corrected chi connectivity index (χ0v) is 19.2. The Morgan fingerprint density at radius 1 is 1.03 bits per heavy atom. The van der Waals surface area contributed by atoms with Gasteiger partial charge in [0.05, 0.1) is 18.8 Å². The highest BCUT2D eigenvalue weighted by atomic mass is 35.5. The molecule has 1 atom stereocenters. The summed E-state index contributed by atoms with van der Waals surface area (Å²) in [6.45, 7) is 8.32. The topological polar surface area (TPSA) is 50.6 Å². The number of benzene rings is 2. The molecule has 3 aromatic rings. The molecule has 6 nitrogen and oxygen atoms in total. The van der Waals surface area contributed by atoms with E-state index in [1.165, 1.54) is 16.8 Å². The monoisotopic (exact) mass is 450 g/mol. The number of rotatable bonds is 3. The first-order valence-electron chi connectivity index (χ1n) is 11.0. The Morgan fingerprint density at radius 2 is 1.78 bits per heavy atom. The number of hydrogen-bond donors (Lipinski definition) is 0. The second-order valence-electron chi connectivity index (χ2n) is 8.62. The van der Waals surface area contributed by atoms with Crippen molar-refractivity contribution in [3.05, 3.63) is 81.6 Å². The van der Waals surface area contributed by atoms with Gasteiger partial charge in [-0.15, -0.1) is 0 Å². The molecule has 2 aliphatic heterocycles. The van der Waals surface area contributed by atoms with Crippen LogP contribution in [0.25, 0.3) is 0 Å². The minimum Gasteiger partial charge on any atom is -0.368 e. The van der Waals surface area contributed by atoms with Crippen LogP contribution in [0.2, 0.25) is 5.02 Å². The quantitative estimate of drug-likeness (QED) is 0.594. The molecule has 7 heteroatoms. The van der Waals surface area contributed by atoms with Crippen LogP contribution in [-0.4, -0.2) is 46.8 Å². The molecule has 0 radical (unpaired) electrons. The number of nitrogens with zero attached hydrogens (tertiary/aromatic N) is 4. The lowest BCUT2D eigenvalue weighted by Crippen LogP contribution is -2.49. The number of amides is 1. The summed E-state index contributed by atoms with van der Waals surface area (Å²) in [7, 11) is 0. The van der Waals surface area contributed by atoms with Crippen molar-refractivity contribution < 1.29 is 9.53 Å². The average molecular weight is 451 g/mol. The summed E-state index contributed by atoms with van der Waals surface area (Å²) >= 11 is 6.00. The second kappa shape index (κ2) is 8.60. The van der Waals surface area contributed by atoms with E-state index in [4.69, 9.17) is 16.3 Å². The van der Waals surface area contributed by atoms with Gasteiger partial charge < -0.3 is 14.5 Å². The van der Waals surface area contributed by atoms with Crippen LogP contribution in [0.3, 0.4) is 0 Å². The van der Waals surface area contributed by atoms with Gasteiger partial charge in [0.25, 0.3) is 5.91 Å². The largest absolute Gasteiger partial charge is 0.368 e. The standard InChI is InChI=1S/C25H27ClN4O2/c1-17-3-4-18(2)23(13-17)28-9-11-29(12-10-28)25(31)22-14-21-16-32-24(15-30(21)27-22)19-5-7-20(26)8-6-19/h3-8,13-14,24H,9-12,15-16H2,1-2H3. The molecule has 0 spiro atoms. The highest BCUT2D eigenvalue weighted by Gasteiger charge is 2.28. The van der Waals surface area contributed by atoms with Gasteiger partial charge in [0.2, 0.25) is 0 Å². The number of fused-ring (bicyclic) bond motifs is 1. The van der Waals surface area contributed by atoms with Gasteiger partial charge in [-0.1, -0.05) is 35.9 Å². The molecule has 1 saturated heterocycles. The molecule has 1 unspecified atom stereocenters. The van der Waals surface area contributed by atoms with Gasteiger partial charge in [-0.3, -0.25) is 9.48 Å². The van der Waals surface area contributed by atoms with Crippen LogP contribution in [0.5, 0.6) is 0 Å². The number of aryl methyl sites for hydroxylation is 2. The lowest BCUT2D eigenvalue weighted by molar-refractivity contribution is -0.00121. The lowest BCUT2D eigenvalue weighted by atomic mass is 10.1. The molecule has 1 aromatic heterocycles. The molecule has 166 valence electrons. The Hall–Kier alpha value is -2.83. The fourth-order valence-corrected chi connectivity index (χ4v) is 4.61. The first-order valence-corrected chi connectivity index (χ1v) is 11.4. The van der Waals surface area contributed by atoms with Crippen molar-refractivity contribution in [1.29, 1.82) is 0 Å². The van der Waals surface area contributed by atoms with Crippen molar-refractivity contribution in [1.82, 2.24) is 14.7 Å². The van der Waals surface area contributed by atoms with E-state index in [2.05, 4.69) is 42.0 Å². The van der Waals surface area contributed by atoms with Crippen molar-refractivity contribution in [2.24, 2.45) is 0 Å². The van der Waals surface area contributed by atoms with E-state index in [-0.39, 0.29) is 12.0 Å². The fraction of sp³-hybridized carbons (Fsp3) is 0.360. The Morgan fingerprint density at radius 3 is 2.53 bits per heavy atom. The second-order valence-corrected chi connectivity index (χ2v) is 9.06. The summed E-state index contributed by atoms with van der Waals surface area (Å²) < 4.78 is 7.92. The van der Waals surface area contributed by atoms with Gasteiger partial charge >= 0.3 is 0 Å². The van der Waals surface area contributed by atoms with E-state index in [0.717, 1.165) is 24.3 Å². The zero-order valence-electron chi connectivity index (χ0n) is 18.4. The maximum absolute atomic E-state index is 13.1. The van der Waals surface area contributed by atoms with E-state index in [1.807, 2.05) is 39.9 Å². The third-order valence-electron chi connectivity index (χ3n) is 6.37. The molecule has 0 saturated carbocycles. The number of halogens is 1. The predicted octanol–water partition coefficient (Wildman–Crippen LogP) is 4.39. The molecule has 2 aliphatic rings.